The molecule has 0 saturated carbocycles. The first kappa shape index (κ1) is 24.4. The number of hydrogen-bond acceptors (Lipinski definition) is 8. The number of amides is 1. The quantitative estimate of drug-likeness (QED) is 0.280. The van der Waals surface area contributed by atoms with Crippen molar-refractivity contribution in [2.75, 3.05) is 17.3 Å². The molecule has 0 atom stereocenters. The summed E-state index contributed by atoms with van der Waals surface area (Å²) in [6.07, 6.45) is 1.70. The average Bonchev–Trinajstić information content (AvgIpc) is 3.34. The van der Waals surface area contributed by atoms with Crippen LogP contribution in [-0.4, -0.2) is 32.1 Å². The van der Waals surface area contributed by atoms with Gasteiger partial charge >= 0.3 is 5.63 Å². The summed E-state index contributed by atoms with van der Waals surface area (Å²) in [5.74, 6) is -1.41. The van der Waals surface area contributed by atoms with Crippen molar-refractivity contribution in [1.82, 2.24) is 10.3 Å². The first-order valence-electron chi connectivity index (χ1n) is 10.3. The van der Waals surface area contributed by atoms with E-state index in [-0.39, 0.29) is 12.1 Å². The Hall–Kier alpha value is -3.77. The minimum absolute atomic E-state index is 0.0820. The second kappa shape index (κ2) is 9.84. The van der Waals surface area contributed by atoms with Crippen LogP contribution in [0.2, 0.25) is 0 Å². The highest BCUT2D eigenvalue weighted by Gasteiger charge is 2.26. The van der Waals surface area contributed by atoms with E-state index in [1.165, 1.54) is 36.6 Å². The summed E-state index contributed by atoms with van der Waals surface area (Å²) in [4.78, 5) is 28.2. The Labute approximate surface area is 203 Å². The summed E-state index contributed by atoms with van der Waals surface area (Å²) in [6, 6.07) is 10.8. The van der Waals surface area contributed by atoms with Crippen LogP contribution in [0.1, 0.15) is 16.7 Å². The van der Waals surface area contributed by atoms with Gasteiger partial charge in [0.15, 0.2) is 5.75 Å². The lowest BCUT2D eigenvalue weighted by molar-refractivity contribution is -0.118. The molecular formula is C23H20FN3O6S2. The number of benzene rings is 2. The number of anilines is 1. The molecule has 35 heavy (non-hydrogen) atoms. The van der Waals surface area contributed by atoms with Crippen LogP contribution in [-0.2, 0) is 21.2 Å². The standard InChI is InChI=1S/C23H20FN3O6S2/c1-14-18-7-6-17(32-23-26-8-9-34-23)12-20(18)33-22(29)19(14)11-15-4-3-5-16(10-15)27(24)35(30,31)13-21(28)25-2/h3-10,12H,11,13H2,1-2H3,(H,25,28). The minimum Gasteiger partial charge on any atom is -0.431 e. The van der Waals surface area contributed by atoms with Crippen molar-refractivity contribution in [3.05, 3.63) is 81.2 Å². The van der Waals surface area contributed by atoms with Gasteiger partial charge in [0.25, 0.3) is 15.2 Å². The highest BCUT2D eigenvalue weighted by atomic mass is 32.2. The van der Waals surface area contributed by atoms with Crippen LogP contribution in [0.15, 0.2) is 63.3 Å². The van der Waals surface area contributed by atoms with Crippen molar-refractivity contribution in [3.8, 4) is 10.9 Å². The number of rotatable bonds is 8. The number of fused-ring (bicyclic) bond motifs is 1. The third-order valence-corrected chi connectivity index (χ3v) is 7.18. The van der Waals surface area contributed by atoms with E-state index in [9.17, 15) is 22.5 Å². The molecule has 4 aromatic rings. The van der Waals surface area contributed by atoms with Gasteiger partial charge in [0, 0.05) is 42.1 Å². The summed E-state index contributed by atoms with van der Waals surface area (Å²) in [5.41, 5.74) is 0.996. The Balaban J connectivity index is 1.62. The monoisotopic (exact) mass is 517 g/mol. The molecule has 9 nitrogen and oxygen atoms in total. The number of hydrogen-bond donors (Lipinski definition) is 1. The van der Waals surface area contributed by atoms with E-state index >= 15 is 0 Å². The molecule has 0 unspecified atom stereocenters. The van der Waals surface area contributed by atoms with Crippen LogP contribution in [0.4, 0.5) is 10.2 Å². The lowest BCUT2D eigenvalue weighted by atomic mass is 9.99. The fraction of sp³-hybridized carbons (Fsp3) is 0.174. The van der Waals surface area contributed by atoms with Crippen LogP contribution < -0.4 is 20.2 Å². The fourth-order valence-corrected chi connectivity index (χ4v) is 4.97. The predicted molar refractivity (Wildman–Crippen MR) is 130 cm³/mol. The van der Waals surface area contributed by atoms with Gasteiger partial charge in [-0.05, 0) is 42.3 Å². The second-order valence-electron chi connectivity index (χ2n) is 7.54. The molecule has 0 aliphatic heterocycles. The number of halogens is 1. The molecule has 1 amide bonds. The third-order valence-electron chi connectivity index (χ3n) is 5.20. The van der Waals surface area contributed by atoms with Gasteiger partial charge in [0.05, 0.1) is 5.69 Å². The number of nitrogens with one attached hydrogen (secondary N) is 1. The SMILES string of the molecule is CNC(=O)CS(=O)(=O)N(F)c1cccc(Cc2c(C)c3ccc(Oc4nccs4)cc3oc2=O)c1. The summed E-state index contributed by atoms with van der Waals surface area (Å²) >= 11 is 1.33. The summed E-state index contributed by atoms with van der Waals surface area (Å²) < 4.78 is 49.7. The van der Waals surface area contributed by atoms with Gasteiger partial charge in [-0.25, -0.2) is 18.2 Å². The third kappa shape index (κ3) is 5.33. The van der Waals surface area contributed by atoms with Crippen LogP contribution in [0.25, 0.3) is 11.0 Å². The van der Waals surface area contributed by atoms with E-state index in [2.05, 4.69) is 10.3 Å². The van der Waals surface area contributed by atoms with E-state index < -0.39 is 31.8 Å². The van der Waals surface area contributed by atoms with Gasteiger partial charge in [0.2, 0.25) is 5.91 Å². The molecule has 0 aliphatic rings. The van der Waals surface area contributed by atoms with Gasteiger partial charge in [-0.15, -0.1) is 4.53 Å². The molecule has 0 fully saturated rings. The van der Waals surface area contributed by atoms with Crippen molar-refractivity contribution in [1.29, 1.82) is 0 Å². The molecule has 1 N–H and O–H groups in total. The first-order valence-corrected chi connectivity index (χ1v) is 12.8. The van der Waals surface area contributed by atoms with Crippen LogP contribution >= 0.6 is 11.3 Å². The van der Waals surface area contributed by atoms with Crippen molar-refractivity contribution in [3.63, 3.8) is 0 Å². The lowest BCUT2D eigenvalue weighted by Gasteiger charge is -2.15. The largest absolute Gasteiger partial charge is 0.431 e. The zero-order valence-corrected chi connectivity index (χ0v) is 20.3. The highest BCUT2D eigenvalue weighted by Crippen LogP contribution is 2.29. The van der Waals surface area contributed by atoms with Gasteiger partial charge in [0.1, 0.15) is 11.3 Å². The number of aryl methyl sites for hydroxylation is 1. The van der Waals surface area contributed by atoms with E-state index in [0.717, 1.165) is 0 Å². The predicted octanol–water partition coefficient (Wildman–Crippen LogP) is 3.71. The van der Waals surface area contributed by atoms with E-state index in [1.807, 2.05) is 0 Å². The van der Waals surface area contributed by atoms with Crippen LogP contribution in [0.3, 0.4) is 0 Å². The number of nitrogens with zero attached hydrogens (tertiary/aromatic N) is 2. The topological polar surface area (TPSA) is 119 Å². The Morgan fingerprint density at radius 1 is 1.26 bits per heavy atom. The lowest BCUT2D eigenvalue weighted by Crippen LogP contribution is -2.34. The van der Waals surface area contributed by atoms with Crippen molar-refractivity contribution >= 4 is 43.9 Å². The first-order chi connectivity index (χ1) is 16.7. The number of thiazole rings is 1. The van der Waals surface area contributed by atoms with Crippen molar-refractivity contribution in [2.24, 2.45) is 0 Å². The Morgan fingerprint density at radius 3 is 2.77 bits per heavy atom. The van der Waals surface area contributed by atoms with E-state index in [1.54, 1.807) is 42.8 Å². The smallest absolute Gasteiger partial charge is 0.340 e. The molecule has 0 bridgehead atoms. The fourth-order valence-electron chi connectivity index (χ4n) is 3.44. The Kier molecular flexibility index (Phi) is 6.85. The molecule has 0 aliphatic carbocycles. The maximum absolute atomic E-state index is 14.6. The molecule has 2 aromatic heterocycles. The summed E-state index contributed by atoms with van der Waals surface area (Å²) in [5, 5.41) is 5.08. The van der Waals surface area contributed by atoms with Crippen molar-refractivity contribution < 1.29 is 26.8 Å². The maximum Gasteiger partial charge on any atom is 0.340 e. The molecular weight excluding hydrogens is 497 g/mol. The van der Waals surface area contributed by atoms with Gasteiger partial charge in [-0.1, -0.05) is 28.0 Å². The number of sulfonamides is 1. The molecule has 0 saturated heterocycles. The van der Waals surface area contributed by atoms with Crippen LogP contribution in [0.5, 0.6) is 10.9 Å². The van der Waals surface area contributed by atoms with E-state index in [0.29, 0.717) is 38.6 Å². The normalized spacial score (nSPS) is 11.4. The number of carbonyl (C=O) groups is 1. The van der Waals surface area contributed by atoms with Crippen LogP contribution in [0, 0.1) is 6.92 Å². The zero-order valence-electron chi connectivity index (χ0n) is 18.6. The van der Waals surface area contributed by atoms with E-state index in [4.69, 9.17) is 9.15 Å². The molecule has 2 heterocycles. The number of aromatic nitrogens is 1. The summed E-state index contributed by atoms with van der Waals surface area (Å²) in [7, 11) is -3.27. The number of carbonyl (C=O) groups excluding carboxylic acids is 1. The molecule has 2 aromatic carbocycles. The zero-order chi connectivity index (χ0) is 25.2. The Morgan fingerprint density at radius 2 is 2.06 bits per heavy atom. The molecule has 12 heteroatoms. The van der Waals surface area contributed by atoms with Crippen molar-refractivity contribution in [2.45, 2.75) is 13.3 Å². The average molecular weight is 518 g/mol. The van der Waals surface area contributed by atoms with Gasteiger partial charge in [-0.3, -0.25) is 4.79 Å². The number of ether oxygens (including phenoxy) is 1. The van der Waals surface area contributed by atoms with Gasteiger partial charge < -0.3 is 14.5 Å². The summed E-state index contributed by atoms with van der Waals surface area (Å²) in [6.45, 7) is 1.77. The molecule has 0 radical (unpaired) electrons. The van der Waals surface area contributed by atoms with Gasteiger partial charge in [-0.2, -0.15) is 0 Å². The molecule has 4 rings (SSSR count). The molecule has 0 spiro atoms. The second-order valence-corrected chi connectivity index (χ2v) is 10.2. The minimum atomic E-state index is -4.52. The highest BCUT2D eigenvalue weighted by molar-refractivity contribution is 7.93. The Bertz CT molecular complexity index is 1550. The molecule has 182 valence electrons. The maximum atomic E-state index is 14.6.